The third kappa shape index (κ3) is 4.74. The lowest BCUT2D eigenvalue weighted by Gasteiger charge is -2.37. The summed E-state index contributed by atoms with van der Waals surface area (Å²) < 4.78 is 63.9. The molecule has 2 aromatic heterocycles. The molecule has 0 saturated carbocycles. The van der Waals surface area contributed by atoms with E-state index in [2.05, 4.69) is 32.1 Å². The Morgan fingerprint density at radius 1 is 1.16 bits per heavy atom. The van der Waals surface area contributed by atoms with Crippen molar-refractivity contribution in [3.63, 3.8) is 0 Å². The number of nitrogens with zero attached hydrogens (tertiary/aromatic N) is 5. The Bertz CT molecular complexity index is 1070. The summed E-state index contributed by atoms with van der Waals surface area (Å²) in [7, 11) is -3.27. The van der Waals surface area contributed by atoms with Gasteiger partial charge in [0.05, 0.1) is 17.5 Å². The number of sulfonamides is 1. The highest BCUT2D eigenvalue weighted by Crippen LogP contribution is 2.33. The van der Waals surface area contributed by atoms with Crippen LogP contribution in [0.2, 0.25) is 0 Å². The zero-order valence-electron chi connectivity index (χ0n) is 17.1. The Labute approximate surface area is 178 Å². The second-order valence-electron chi connectivity index (χ2n) is 7.99. The lowest BCUT2D eigenvalue weighted by molar-refractivity contribution is -0.137. The SMILES string of the molecule is CC1CCCN1c1nc(Nc2cc(C(F)(F)F)ccn2)cc(C2CN(S(C)(=O)=O)C2)n1. The molecule has 2 saturated heterocycles. The van der Waals surface area contributed by atoms with Gasteiger partial charge in [-0.2, -0.15) is 18.2 Å². The van der Waals surface area contributed by atoms with E-state index < -0.39 is 21.8 Å². The normalized spacial score (nSPS) is 20.7. The zero-order valence-corrected chi connectivity index (χ0v) is 17.9. The van der Waals surface area contributed by atoms with E-state index >= 15 is 0 Å². The highest BCUT2D eigenvalue weighted by molar-refractivity contribution is 7.88. The third-order valence-corrected chi connectivity index (χ3v) is 6.86. The van der Waals surface area contributed by atoms with Crippen LogP contribution in [0.3, 0.4) is 0 Å². The second kappa shape index (κ2) is 7.90. The van der Waals surface area contributed by atoms with Crippen LogP contribution in [0.15, 0.2) is 24.4 Å². The molecule has 2 fully saturated rings. The summed E-state index contributed by atoms with van der Waals surface area (Å²) in [5.74, 6) is 0.717. The van der Waals surface area contributed by atoms with Crippen LogP contribution in [-0.4, -0.2) is 59.6 Å². The number of hydrogen-bond acceptors (Lipinski definition) is 7. The van der Waals surface area contributed by atoms with Crippen molar-refractivity contribution in [3.8, 4) is 0 Å². The van der Waals surface area contributed by atoms with Gasteiger partial charge in [-0.3, -0.25) is 0 Å². The van der Waals surface area contributed by atoms with Gasteiger partial charge in [0.2, 0.25) is 16.0 Å². The first-order chi connectivity index (χ1) is 14.5. The molecule has 0 spiro atoms. The standard InChI is InChI=1S/C19H23F3N6O2S/c1-12-4-3-7-28(12)18-24-15(13-10-27(11-13)31(2,29)30)9-17(26-18)25-16-8-14(5-6-23-16)19(20,21)22/h5-6,8-9,12-13H,3-4,7,10-11H2,1-2H3,(H,23,24,25,26). The number of anilines is 3. The topological polar surface area (TPSA) is 91.3 Å². The average Bonchev–Trinajstić information content (AvgIpc) is 3.04. The smallest absolute Gasteiger partial charge is 0.338 e. The molecular weight excluding hydrogens is 433 g/mol. The summed E-state index contributed by atoms with van der Waals surface area (Å²) >= 11 is 0. The van der Waals surface area contributed by atoms with E-state index in [1.54, 1.807) is 6.07 Å². The molecule has 1 N–H and O–H groups in total. The van der Waals surface area contributed by atoms with Crippen molar-refractivity contribution in [1.29, 1.82) is 0 Å². The Balaban J connectivity index is 1.64. The quantitative estimate of drug-likeness (QED) is 0.740. The van der Waals surface area contributed by atoms with Gasteiger partial charge in [0, 0.05) is 43.9 Å². The van der Waals surface area contributed by atoms with Crippen molar-refractivity contribution in [2.24, 2.45) is 0 Å². The maximum atomic E-state index is 13.0. The molecule has 0 amide bonds. The molecule has 0 aromatic carbocycles. The molecule has 0 bridgehead atoms. The van der Waals surface area contributed by atoms with E-state index in [0.29, 0.717) is 30.5 Å². The van der Waals surface area contributed by atoms with Gasteiger partial charge in [0.25, 0.3) is 0 Å². The van der Waals surface area contributed by atoms with Crippen molar-refractivity contribution < 1.29 is 21.6 Å². The van der Waals surface area contributed by atoms with Gasteiger partial charge < -0.3 is 10.2 Å². The number of pyridine rings is 1. The molecule has 168 valence electrons. The summed E-state index contributed by atoms with van der Waals surface area (Å²) in [6.45, 7) is 3.48. The molecule has 1 unspecified atom stereocenters. The van der Waals surface area contributed by atoms with Gasteiger partial charge in [-0.15, -0.1) is 0 Å². The summed E-state index contributed by atoms with van der Waals surface area (Å²) in [6, 6.07) is 3.72. The van der Waals surface area contributed by atoms with E-state index in [4.69, 9.17) is 0 Å². The second-order valence-corrected chi connectivity index (χ2v) is 9.97. The van der Waals surface area contributed by atoms with Gasteiger partial charge in [-0.1, -0.05) is 0 Å². The van der Waals surface area contributed by atoms with Crippen molar-refractivity contribution in [2.75, 3.05) is 36.1 Å². The van der Waals surface area contributed by atoms with E-state index in [1.807, 2.05) is 0 Å². The molecule has 1 atom stereocenters. The lowest BCUT2D eigenvalue weighted by Crippen LogP contribution is -2.48. The first-order valence-electron chi connectivity index (χ1n) is 9.92. The fourth-order valence-corrected chi connectivity index (χ4v) is 4.69. The van der Waals surface area contributed by atoms with Crippen LogP contribution in [-0.2, 0) is 16.2 Å². The lowest BCUT2D eigenvalue weighted by atomic mass is 9.99. The monoisotopic (exact) mass is 456 g/mol. The molecular formula is C19H23F3N6O2S. The minimum Gasteiger partial charge on any atom is -0.338 e. The Morgan fingerprint density at radius 2 is 1.90 bits per heavy atom. The van der Waals surface area contributed by atoms with Crippen LogP contribution >= 0.6 is 0 Å². The average molecular weight is 456 g/mol. The molecule has 2 aliphatic heterocycles. The van der Waals surface area contributed by atoms with Gasteiger partial charge in [0.15, 0.2) is 0 Å². The number of alkyl halides is 3. The van der Waals surface area contributed by atoms with Gasteiger partial charge in [-0.25, -0.2) is 22.7 Å². The Hall–Kier alpha value is -2.47. The van der Waals surface area contributed by atoms with Crippen LogP contribution in [0, 0.1) is 0 Å². The Morgan fingerprint density at radius 3 is 2.52 bits per heavy atom. The summed E-state index contributed by atoms with van der Waals surface area (Å²) in [5.41, 5.74) is -0.158. The minimum absolute atomic E-state index is 0.0197. The highest BCUT2D eigenvalue weighted by Gasteiger charge is 2.36. The van der Waals surface area contributed by atoms with E-state index in [9.17, 15) is 21.6 Å². The third-order valence-electron chi connectivity index (χ3n) is 5.62. The molecule has 4 rings (SSSR count). The van der Waals surface area contributed by atoms with Crippen LogP contribution in [0.25, 0.3) is 0 Å². The van der Waals surface area contributed by atoms with Crippen LogP contribution < -0.4 is 10.2 Å². The molecule has 8 nitrogen and oxygen atoms in total. The molecule has 0 radical (unpaired) electrons. The molecule has 2 aromatic rings. The fraction of sp³-hybridized carbons (Fsp3) is 0.526. The first kappa shape index (κ1) is 21.8. The van der Waals surface area contributed by atoms with Crippen molar-refractivity contribution in [1.82, 2.24) is 19.3 Å². The van der Waals surface area contributed by atoms with E-state index in [-0.39, 0.29) is 17.8 Å². The number of nitrogens with one attached hydrogen (secondary N) is 1. The van der Waals surface area contributed by atoms with E-state index in [0.717, 1.165) is 44.0 Å². The van der Waals surface area contributed by atoms with Crippen LogP contribution in [0.4, 0.5) is 30.8 Å². The molecule has 2 aliphatic rings. The fourth-order valence-electron chi connectivity index (χ4n) is 3.79. The predicted molar refractivity (Wildman–Crippen MR) is 110 cm³/mol. The summed E-state index contributed by atoms with van der Waals surface area (Å²) in [4.78, 5) is 15.2. The largest absolute Gasteiger partial charge is 0.416 e. The number of hydrogen-bond donors (Lipinski definition) is 1. The molecule has 12 heteroatoms. The Kier molecular flexibility index (Phi) is 5.54. The molecule has 31 heavy (non-hydrogen) atoms. The van der Waals surface area contributed by atoms with Crippen LogP contribution in [0.5, 0.6) is 0 Å². The number of rotatable bonds is 5. The van der Waals surface area contributed by atoms with Gasteiger partial charge >= 0.3 is 6.18 Å². The molecule has 4 heterocycles. The van der Waals surface area contributed by atoms with Gasteiger partial charge in [0.1, 0.15) is 11.6 Å². The zero-order chi connectivity index (χ0) is 22.4. The van der Waals surface area contributed by atoms with Crippen molar-refractivity contribution in [3.05, 3.63) is 35.7 Å². The highest BCUT2D eigenvalue weighted by atomic mass is 32.2. The van der Waals surface area contributed by atoms with Gasteiger partial charge in [-0.05, 0) is 31.9 Å². The molecule has 0 aliphatic carbocycles. The van der Waals surface area contributed by atoms with Crippen LogP contribution in [0.1, 0.15) is 36.9 Å². The number of aromatic nitrogens is 3. The number of halogens is 3. The minimum atomic E-state index is -4.48. The summed E-state index contributed by atoms with van der Waals surface area (Å²) in [5, 5.41) is 2.86. The van der Waals surface area contributed by atoms with Crippen molar-refractivity contribution >= 4 is 27.6 Å². The van der Waals surface area contributed by atoms with Crippen molar-refractivity contribution in [2.45, 2.75) is 37.9 Å². The predicted octanol–water partition coefficient (Wildman–Crippen LogP) is 2.98. The maximum Gasteiger partial charge on any atom is 0.416 e. The van der Waals surface area contributed by atoms with E-state index in [1.165, 1.54) is 4.31 Å². The first-order valence-corrected chi connectivity index (χ1v) is 11.8. The summed E-state index contributed by atoms with van der Waals surface area (Å²) in [6.07, 6.45) is -0.234. The maximum absolute atomic E-state index is 13.0.